The standard InChI is InChI=1S/C39H13F15N4/c1-2-10-9-17-11-3-4-12(55-11)18(21-24(40)30(46)36(52)31(47)25(21)41)13-5-6-14(56-13)19(22-26(42)32(48)37(53)33(49)27(22)43)15-7-8-16(57-15)20(39(10)58-17)23-28(44)34(50)38(54)35(51)29(23)45/h2-9,55-56,58H,1H2. The fourth-order valence-corrected chi connectivity index (χ4v) is 6.68. The lowest BCUT2D eigenvalue weighted by molar-refractivity contribution is 0.381. The van der Waals surface area contributed by atoms with E-state index in [0.29, 0.717) is 0 Å². The Balaban J connectivity index is 1.68. The van der Waals surface area contributed by atoms with Crippen LogP contribution >= 0.6 is 0 Å². The smallest absolute Gasteiger partial charge is 0.200 e. The Morgan fingerprint density at radius 2 is 0.690 bits per heavy atom. The van der Waals surface area contributed by atoms with Crippen LogP contribution in [0.15, 0.2) is 36.9 Å². The molecule has 1 aliphatic rings. The van der Waals surface area contributed by atoms with E-state index >= 15 is 26.3 Å². The summed E-state index contributed by atoms with van der Waals surface area (Å²) in [5.74, 6) is -36.7. The summed E-state index contributed by atoms with van der Waals surface area (Å²) in [6.45, 7) is 3.58. The van der Waals surface area contributed by atoms with Crippen molar-refractivity contribution in [3.8, 4) is 33.4 Å². The maximum Gasteiger partial charge on any atom is 0.200 e. The summed E-state index contributed by atoms with van der Waals surface area (Å²) in [6, 6.07) is 5.12. The van der Waals surface area contributed by atoms with Crippen LogP contribution in [-0.2, 0) is 0 Å². The summed E-state index contributed by atoms with van der Waals surface area (Å²) in [5.41, 5.74) is -11.9. The monoisotopic (exact) mass is 822 g/mol. The second-order valence-corrected chi connectivity index (χ2v) is 12.5. The van der Waals surface area contributed by atoms with E-state index in [9.17, 15) is 39.5 Å². The summed E-state index contributed by atoms with van der Waals surface area (Å²) in [6.07, 6.45) is 2.66. The lowest BCUT2D eigenvalue weighted by atomic mass is 9.99. The van der Waals surface area contributed by atoms with E-state index in [1.807, 2.05) is 0 Å². The van der Waals surface area contributed by atoms with Gasteiger partial charge in [-0.05, 0) is 42.5 Å². The normalized spacial score (nSPS) is 12.1. The minimum absolute atomic E-state index is 0.103. The molecule has 0 amide bonds. The average Bonchev–Trinajstić information content (AvgIpc) is 4.05. The van der Waals surface area contributed by atoms with Crippen LogP contribution < -0.4 is 0 Å². The molecular formula is C39H13F15N4. The third-order valence-corrected chi connectivity index (χ3v) is 9.32. The van der Waals surface area contributed by atoms with Crippen molar-refractivity contribution in [1.82, 2.24) is 19.9 Å². The quantitative estimate of drug-likeness (QED) is 0.0924. The Bertz CT molecular complexity index is 3070. The maximum atomic E-state index is 15.7. The molecule has 5 heterocycles. The Morgan fingerprint density at radius 3 is 1.12 bits per heavy atom. The SMILES string of the molecule is C=Cc1cc2[nH]c1c(-c1c(F)c(F)c(F)c(F)c1F)c1nc(c(-c3c(F)c(F)c(F)c(F)c3F)c3ccc([nH]3)c(-c3c(F)c(F)c(F)c(F)c3F)c3ccc2[nH]3)C=C1. The molecule has 0 atom stereocenters. The molecule has 8 rings (SSSR count). The van der Waals surface area contributed by atoms with Gasteiger partial charge >= 0.3 is 0 Å². The number of rotatable bonds is 4. The van der Waals surface area contributed by atoms with E-state index in [4.69, 9.17) is 0 Å². The number of halogens is 15. The number of aromatic nitrogens is 4. The fraction of sp³-hybridized carbons (Fsp3) is 0. The molecule has 0 spiro atoms. The van der Waals surface area contributed by atoms with Crippen LogP contribution in [0.3, 0.4) is 0 Å². The molecule has 0 saturated heterocycles. The second-order valence-electron chi connectivity index (χ2n) is 12.5. The zero-order valence-corrected chi connectivity index (χ0v) is 27.9. The second kappa shape index (κ2) is 13.3. The first kappa shape index (κ1) is 38.0. The van der Waals surface area contributed by atoms with Crippen molar-refractivity contribution in [3.63, 3.8) is 0 Å². The summed E-state index contributed by atoms with van der Waals surface area (Å²) in [5, 5.41) is 0. The van der Waals surface area contributed by atoms with Crippen molar-refractivity contribution in [2.75, 3.05) is 0 Å². The zero-order valence-electron chi connectivity index (χ0n) is 27.9. The molecule has 8 bridgehead atoms. The molecule has 0 fully saturated rings. The number of hydrogen-bond donors (Lipinski definition) is 3. The van der Waals surface area contributed by atoms with Crippen molar-refractivity contribution < 1.29 is 65.9 Å². The number of aromatic amines is 3. The zero-order chi connectivity index (χ0) is 41.8. The largest absolute Gasteiger partial charge is 0.354 e. The molecule has 0 saturated carbocycles. The van der Waals surface area contributed by atoms with E-state index in [1.165, 1.54) is 12.1 Å². The van der Waals surface area contributed by atoms with Crippen molar-refractivity contribution in [2.24, 2.45) is 0 Å². The van der Waals surface area contributed by atoms with Gasteiger partial charge in [0, 0.05) is 38.8 Å². The average molecular weight is 823 g/mol. The summed E-state index contributed by atoms with van der Waals surface area (Å²) in [4.78, 5) is 11.9. The molecule has 0 radical (unpaired) electrons. The third kappa shape index (κ3) is 5.32. The number of nitrogens with zero attached hydrogens (tertiary/aromatic N) is 1. The predicted molar refractivity (Wildman–Crippen MR) is 181 cm³/mol. The van der Waals surface area contributed by atoms with Gasteiger partial charge < -0.3 is 15.0 Å². The number of H-pyrrole nitrogens is 3. The Hall–Kier alpha value is -6.92. The highest BCUT2D eigenvalue weighted by Crippen LogP contribution is 2.43. The molecule has 3 N–H and O–H groups in total. The van der Waals surface area contributed by atoms with Crippen molar-refractivity contribution in [3.05, 3.63) is 141 Å². The molecule has 7 aromatic rings. The van der Waals surface area contributed by atoms with Crippen LogP contribution in [0.4, 0.5) is 65.9 Å². The lowest BCUT2D eigenvalue weighted by Crippen LogP contribution is -2.06. The molecule has 0 aliphatic carbocycles. The van der Waals surface area contributed by atoms with E-state index < -0.39 is 154 Å². The van der Waals surface area contributed by atoms with E-state index in [-0.39, 0.29) is 16.6 Å². The van der Waals surface area contributed by atoms with E-state index in [1.54, 1.807) is 0 Å². The molecule has 1 aliphatic heterocycles. The Kier molecular flexibility index (Phi) is 8.74. The molecule has 4 nitrogen and oxygen atoms in total. The molecular weight excluding hydrogens is 809 g/mol. The number of nitrogens with one attached hydrogen (secondary N) is 3. The highest BCUT2D eigenvalue weighted by molar-refractivity contribution is 6.01. The van der Waals surface area contributed by atoms with Gasteiger partial charge in [0.1, 0.15) is 0 Å². The van der Waals surface area contributed by atoms with Crippen LogP contribution in [0, 0.1) is 87.3 Å². The van der Waals surface area contributed by atoms with Gasteiger partial charge in [0.25, 0.3) is 0 Å². The number of benzene rings is 3. The lowest BCUT2D eigenvalue weighted by Gasteiger charge is -2.11. The summed E-state index contributed by atoms with van der Waals surface area (Å²) in [7, 11) is 0. The van der Waals surface area contributed by atoms with Crippen molar-refractivity contribution >= 4 is 51.3 Å². The molecule has 58 heavy (non-hydrogen) atoms. The minimum atomic E-state index is -2.61. The fourth-order valence-electron chi connectivity index (χ4n) is 6.68. The first-order chi connectivity index (χ1) is 27.5. The van der Waals surface area contributed by atoms with E-state index in [2.05, 4.69) is 26.5 Å². The van der Waals surface area contributed by atoms with Gasteiger partial charge in [0.2, 0.25) is 17.5 Å². The molecule has 4 aromatic heterocycles. The maximum absolute atomic E-state index is 15.7. The molecule has 0 unspecified atom stereocenters. The Morgan fingerprint density at radius 1 is 0.362 bits per heavy atom. The van der Waals surface area contributed by atoms with Crippen LogP contribution in [0.25, 0.3) is 84.7 Å². The van der Waals surface area contributed by atoms with Gasteiger partial charge in [-0.1, -0.05) is 12.7 Å². The van der Waals surface area contributed by atoms with Crippen molar-refractivity contribution in [1.29, 1.82) is 0 Å². The highest BCUT2D eigenvalue weighted by atomic mass is 19.2. The molecule has 19 heteroatoms. The number of fused-ring (bicyclic) bond motifs is 9. The first-order valence-corrected chi connectivity index (χ1v) is 16.0. The van der Waals surface area contributed by atoms with Gasteiger partial charge in [0.15, 0.2) is 69.8 Å². The van der Waals surface area contributed by atoms with E-state index in [0.717, 1.165) is 36.4 Å². The van der Waals surface area contributed by atoms with Gasteiger partial charge in [0.05, 0.1) is 44.6 Å². The van der Waals surface area contributed by atoms with Crippen LogP contribution in [-0.4, -0.2) is 19.9 Å². The summed E-state index contributed by atoms with van der Waals surface area (Å²) < 4.78 is 225. The predicted octanol–water partition coefficient (Wildman–Crippen LogP) is 12.4. The van der Waals surface area contributed by atoms with Crippen LogP contribution in [0.5, 0.6) is 0 Å². The Labute approximate surface area is 311 Å². The third-order valence-electron chi connectivity index (χ3n) is 9.32. The summed E-state index contributed by atoms with van der Waals surface area (Å²) >= 11 is 0. The van der Waals surface area contributed by atoms with Gasteiger partial charge in [-0.3, -0.25) is 0 Å². The van der Waals surface area contributed by atoms with Gasteiger partial charge in [-0.15, -0.1) is 0 Å². The molecule has 294 valence electrons. The molecule has 3 aromatic carbocycles. The minimum Gasteiger partial charge on any atom is -0.354 e. The topological polar surface area (TPSA) is 60.3 Å². The van der Waals surface area contributed by atoms with Crippen LogP contribution in [0.2, 0.25) is 0 Å². The van der Waals surface area contributed by atoms with Crippen molar-refractivity contribution in [2.45, 2.75) is 0 Å². The first-order valence-electron chi connectivity index (χ1n) is 16.0. The van der Waals surface area contributed by atoms with Gasteiger partial charge in [-0.2, -0.15) is 0 Å². The van der Waals surface area contributed by atoms with Gasteiger partial charge in [-0.25, -0.2) is 70.8 Å². The highest BCUT2D eigenvalue weighted by Gasteiger charge is 2.33. The number of hydrogen-bond acceptors (Lipinski definition) is 1. The van der Waals surface area contributed by atoms with Crippen LogP contribution in [0.1, 0.15) is 17.0 Å².